The van der Waals surface area contributed by atoms with Crippen molar-refractivity contribution in [3.05, 3.63) is 53.6 Å². The third kappa shape index (κ3) is 4.24. The van der Waals surface area contributed by atoms with Crippen molar-refractivity contribution in [1.29, 1.82) is 0 Å². The van der Waals surface area contributed by atoms with E-state index in [1.165, 1.54) is 12.1 Å². The maximum atomic E-state index is 14.1. The lowest BCUT2D eigenvalue weighted by Gasteiger charge is -2.48. The van der Waals surface area contributed by atoms with Crippen LogP contribution in [0.2, 0.25) is 0 Å². The van der Waals surface area contributed by atoms with Crippen LogP contribution in [-0.4, -0.2) is 51.9 Å². The van der Waals surface area contributed by atoms with Crippen molar-refractivity contribution in [2.24, 2.45) is 5.41 Å². The summed E-state index contributed by atoms with van der Waals surface area (Å²) in [4.78, 5) is 23.7. The molecule has 2 saturated heterocycles. The zero-order valence-electron chi connectivity index (χ0n) is 16.0. The Bertz CT molecular complexity index is 826. The van der Waals surface area contributed by atoms with Gasteiger partial charge in [-0.2, -0.15) is 0 Å². The topological polar surface area (TPSA) is 52.2 Å². The lowest BCUT2D eigenvalue weighted by Crippen LogP contribution is -2.54. The molecule has 2 aliphatic rings. The Morgan fingerprint density at radius 1 is 1.21 bits per heavy atom. The number of aromatic amines is 1. The van der Waals surface area contributed by atoms with Crippen LogP contribution in [0.3, 0.4) is 0 Å². The Morgan fingerprint density at radius 3 is 2.93 bits per heavy atom. The summed E-state index contributed by atoms with van der Waals surface area (Å²) in [5.74, 6) is -0.559. The Labute approximate surface area is 163 Å². The molecule has 0 aliphatic carbocycles. The van der Waals surface area contributed by atoms with Gasteiger partial charge in [0.15, 0.2) is 0 Å². The van der Waals surface area contributed by atoms with Gasteiger partial charge in [0.05, 0.1) is 6.33 Å². The largest absolute Gasteiger partial charge is 0.348 e. The van der Waals surface area contributed by atoms with Crippen LogP contribution in [0.5, 0.6) is 0 Å². The molecule has 2 fully saturated rings. The van der Waals surface area contributed by atoms with E-state index in [-0.39, 0.29) is 17.1 Å². The van der Waals surface area contributed by atoms with Crippen LogP contribution in [0.25, 0.3) is 0 Å². The van der Waals surface area contributed by atoms with Crippen molar-refractivity contribution in [3.8, 4) is 0 Å². The van der Waals surface area contributed by atoms with Crippen molar-refractivity contribution >= 4 is 5.91 Å². The van der Waals surface area contributed by atoms with Gasteiger partial charge in [0, 0.05) is 61.9 Å². The molecule has 1 amide bonds. The number of nitrogens with zero attached hydrogens (tertiary/aromatic N) is 3. The summed E-state index contributed by atoms with van der Waals surface area (Å²) in [6, 6.07) is 3.64. The van der Waals surface area contributed by atoms with Crippen LogP contribution in [0.1, 0.15) is 36.9 Å². The lowest BCUT2D eigenvalue weighted by atomic mass is 9.73. The number of imidazole rings is 1. The van der Waals surface area contributed by atoms with Crippen molar-refractivity contribution in [1.82, 2.24) is 19.8 Å². The molecule has 7 heteroatoms. The summed E-state index contributed by atoms with van der Waals surface area (Å²) in [5, 5.41) is 0. The van der Waals surface area contributed by atoms with Crippen molar-refractivity contribution < 1.29 is 13.6 Å². The van der Waals surface area contributed by atoms with Crippen molar-refractivity contribution in [2.45, 2.75) is 38.6 Å². The summed E-state index contributed by atoms with van der Waals surface area (Å²) in [6.45, 7) is 3.52. The molecular weight excluding hydrogens is 362 g/mol. The van der Waals surface area contributed by atoms with Gasteiger partial charge in [0.25, 0.3) is 0 Å². The third-order valence-electron chi connectivity index (χ3n) is 6.10. The number of benzene rings is 1. The molecular formula is C21H26F2N4O. The molecule has 5 nitrogen and oxygen atoms in total. The fourth-order valence-electron chi connectivity index (χ4n) is 4.67. The van der Waals surface area contributed by atoms with Gasteiger partial charge in [0.1, 0.15) is 11.6 Å². The van der Waals surface area contributed by atoms with E-state index >= 15 is 0 Å². The second kappa shape index (κ2) is 7.99. The van der Waals surface area contributed by atoms with Gasteiger partial charge in [-0.05, 0) is 44.0 Å². The van der Waals surface area contributed by atoms with Gasteiger partial charge in [-0.25, -0.2) is 13.8 Å². The monoisotopic (exact) mass is 388 g/mol. The summed E-state index contributed by atoms with van der Waals surface area (Å²) in [6.07, 6.45) is 7.72. The highest BCUT2D eigenvalue weighted by Gasteiger charge is 2.41. The Balaban J connectivity index is 1.41. The second-order valence-electron chi connectivity index (χ2n) is 8.19. The van der Waals surface area contributed by atoms with E-state index in [9.17, 15) is 13.6 Å². The molecule has 2 aliphatic heterocycles. The summed E-state index contributed by atoms with van der Waals surface area (Å²) >= 11 is 0. The third-order valence-corrected chi connectivity index (χ3v) is 6.10. The van der Waals surface area contributed by atoms with Gasteiger partial charge >= 0.3 is 0 Å². The molecule has 1 aromatic heterocycles. The molecule has 2 aromatic rings. The SMILES string of the molecule is O=C1CCC2(CCCN(Cc3cc(F)ccc3F)C2)CN1CCc1cnc[nH]1. The van der Waals surface area contributed by atoms with E-state index in [4.69, 9.17) is 0 Å². The number of likely N-dealkylation sites (tertiary alicyclic amines) is 2. The first-order valence-corrected chi connectivity index (χ1v) is 9.94. The fraction of sp³-hybridized carbons (Fsp3) is 0.524. The highest BCUT2D eigenvalue weighted by atomic mass is 19.1. The van der Waals surface area contributed by atoms with Crippen molar-refractivity contribution in [2.75, 3.05) is 26.2 Å². The molecule has 1 unspecified atom stereocenters. The smallest absolute Gasteiger partial charge is 0.222 e. The fourth-order valence-corrected chi connectivity index (χ4v) is 4.67. The number of carbonyl (C=O) groups is 1. The molecule has 0 bridgehead atoms. The number of amides is 1. The van der Waals surface area contributed by atoms with E-state index in [0.29, 0.717) is 25.1 Å². The Morgan fingerprint density at radius 2 is 2.11 bits per heavy atom. The zero-order valence-corrected chi connectivity index (χ0v) is 16.0. The summed E-state index contributed by atoms with van der Waals surface area (Å²) in [5.41, 5.74) is 1.48. The molecule has 3 heterocycles. The maximum Gasteiger partial charge on any atom is 0.222 e. The van der Waals surface area contributed by atoms with Gasteiger partial charge < -0.3 is 9.88 Å². The van der Waals surface area contributed by atoms with Gasteiger partial charge in [-0.15, -0.1) is 0 Å². The quantitative estimate of drug-likeness (QED) is 0.856. The number of piperidine rings is 2. The normalized spacial score (nSPS) is 23.5. The molecule has 28 heavy (non-hydrogen) atoms. The number of carbonyl (C=O) groups excluding carboxylic acids is 1. The van der Waals surface area contributed by atoms with Crippen molar-refractivity contribution in [3.63, 3.8) is 0 Å². The van der Waals surface area contributed by atoms with Gasteiger partial charge in [-0.3, -0.25) is 9.69 Å². The highest BCUT2D eigenvalue weighted by Crippen LogP contribution is 2.39. The molecule has 0 saturated carbocycles. The molecule has 1 spiro atoms. The highest BCUT2D eigenvalue weighted by molar-refractivity contribution is 5.77. The van der Waals surface area contributed by atoms with E-state index < -0.39 is 5.82 Å². The van der Waals surface area contributed by atoms with Crippen LogP contribution in [0.15, 0.2) is 30.7 Å². The number of H-pyrrole nitrogens is 1. The minimum absolute atomic E-state index is 0.0456. The number of rotatable bonds is 5. The Hall–Kier alpha value is -2.28. The van der Waals surface area contributed by atoms with Crippen LogP contribution in [0, 0.1) is 17.0 Å². The first kappa shape index (κ1) is 19.1. The van der Waals surface area contributed by atoms with E-state index in [0.717, 1.165) is 57.1 Å². The predicted molar refractivity (Wildman–Crippen MR) is 101 cm³/mol. The average Bonchev–Trinajstić information content (AvgIpc) is 3.20. The van der Waals surface area contributed by atoms with Gasteiger partial charge in [-0.1, -0.05) is 0 Å². The molecule has 150 valence electrons. The molecule has 4 rings (SSSR count). The standard InChI is InChI=1S/C21H26F2N4O/c22-17-2-3-19(23)16(10-17)12-26-8-1-6-21(13-26)7-4-20(28)27(14-21)9-5-18-11-24-15-25-18/h2-3,10-11,15H,1,4-9,12-14H2,(H,24,25). The number of halogens is 2. The summed E-state index contributed by atoms with van der Waals surface area (Å²) in [7, 11) is 0. The number of nitrogens with one attached hydrogen (secondary N) is 1. The van der Waals surface area contributed by atoms with Crippen LogP contribution in [0.4, 0.5) is 8.78 Å². The molecule has 1 atom stereocenters. The van der Waals surface area contributed by atoms with E-state index in [2.05, 4.69) is 14.9 Å². The molecule has 1 N–H and O–H groups in total. The molecule has 1 aromatic carbocycles. The second-order valence-corrected chi connectivity index (χ2v) is 8.19. The van der Waals surface area contributed by atoms with Crippen LogP contribution >= 0.6 is 0 Å². The van der Waals surface area contributed by atoms with E-state index in [1.54, 1.807) is 12.5 Å². The number of hydrogen-bond acceptors (Lipinski definition) is 3. The summed E-state index contributed by atoms with van der Waals surface area (Å²) < 4.78 is 27.6. The van der Waals surface area contributed by atoms with E-state index in [1.807, 2.05) is 4.90 Å². The maximum absolute atomic E-state index is 14.1. The van der Waals surface area contributed by atoms with Crippen LogP contribution in [-0.2, 0) is 17.8 Å². The Kier molecular flexibility index (Phi) is 5.44. The zero-order chi connectivity index (χ0) is 19.6. The number of hydrogen-bond donors (Lipinski definition) is 1. The molecule has 0 radical (unpaired) electrons. The number of aromatic nitrogens is 2. The lowest BCUT2D eigenvalue weighted by molar-refractivity contribution is -0.139. The average molecular weight is 388 g/mol. The first-order valence-electron chi connectivity index (χ1n) is 9.94. The van der Waals surface area contributed by atoms with Crippen LogP contribution < -0.4 is 0 Å². The van der Waals surface area contributed by atoms with Gasteiger partial charge in [0.2, 0.25) is 5.91 Å². The first-order chi connectivity index (χ1) is 13.5. The minimum Gasteiger partial charge on any atom is -0.348 e. The predicted octanol–water partition coefficient (Wildman–Crippen LogP) is 3.14. The minimum atomic E-state index is -0.406.